The van der Waals surface area contributed by atoms with Crippen LogP contribution in [0.1, 0.15) is 26.5 Å². The van der Waals surface area contributed by atoms with Crippen molar-refractivity contribution in [2.24, 2.45) is 0 Å². The van der Waals surface area contributed by atoms with Crippen molar-refractivity contribution in [2.45, 2.75) is 32.9 Å². The molecule has 6 nitrogen and oxygen atoms in total. The summed E-state index contributed by atoms with van der Waals surface area (Å²) in [5, 5.41) is 6.55. The molecule has 0 saturated carbocycles. The van der Waals surface area contributed by atoms with Crippen molar-refractivity contribution in [1.29, 1.82) is 0 Å². The predicted molar refractivity (Wildman–Crippen MR) is 60.7 cm³/mol. The Bertz CT molecular complexity index is 367. The van der Waals surface area contributed by atoms with Gasteiger partial charge in [0, 0.05) is 13.1 Å². The van der Waals surface area contributed by atoms with Crippen LogP contribution in [0.15, 0.2) is 6.07 Å². The molecule has 0 fully saturated rings. The molecule has 0 aliphatic heterocycles. The number of anilines is 1. The summed E-state index contributed by atoms with van der Waals surface area (Å²) in [6, 6.07) is 1.68. The molecule has 1 amide bonds. The van der Waals surface area contributed by atoms with E-state index in [0.29, 0.717) is 18.1 Å². The third-order valence-electron chi connectivity index (χ3n) is 1.76. The molecule has 0 bridgehead atoms. The Balaban J connectivity index is 2.52. The number of aromatic nitrogens is 2. The highest BCUT2D eigenvalue weighted by molar-refractivity contribution is 5.67. The zero-order valence-corrected chi connectivity index (χ0v) is 10.1. The molecule has 0 aliphatic carbocycles. The monoisotopic (exact) mass is 226 g/mol. The maximum Gasteiger partial charge on any atom is 0.410 e. The van der Waals surface area contributed by atoms with E-state index in [9.17, 15) is 4.79 Å². The summed E-state index contributed by atoms with van der Waals surface area (Å²) in [5.41, 5.74) is 5.69. The first-order valence-electron chi connectivity index (χ1n) is 5.02. The molecule has 16 heavy (non-hydrogen) atoms. The number of nitrogen functional groups attached to an aromatic ring is 1. The first-order valence-corrected chi connectivity index (χ1v) is 5.02. The molecule has 1 aromatic heterocycles. The third kappa shape index (κ3) is 3.80. The Morgan fingerprint density at radius 3 is 2.69 bits per heavy atom. The highest BCUT2D eigenvalue weighted by Gasteiger charge is 2.20. The molecule has 1 heterocycles. The van der Waals surface area contributed by atoms with Gasteiger partial charge in [0.05, 0.1) is 12.2 Å². The Morgan fingerprint density at radius 2 is 2.25 bits per heavy atom. The van der Waals surface area contributed by atoms with E-state index in [2.05, 4.69) is 10.2 Å². The lowest BCUT2D eigenvalue weighted by molar-refractivity contribution is 0.0283. The minimum absolute atomic E-state index is 0.364. The lowest BCUT2D eigenvalue weighted by atomic mass is 10.2. The summed E-state index contributed by atoms with van der Waals surface area (Å²) in [4.78, 5) is 13.0. The van der Waals surface area contributed by atoms with Gasteiger partial charge in [0.1, 0.15) is 11.4 Å². The van der Waals surface area contributed by atoms with E-state index >= 15 is 0 Å². The first kappa shape index (κ1) is 12.4. The van der Waals surface area contributed by atoms with Gasteiger partial charge in [-0.2, -0.15) is 5.10 Å². The fourth-order valence-corrected chi connectivity index (χ4v) is 1.11. The number of amides is 1. The zero-order valence-electron chi connectivity index (χ0n) is 10.1. The molecule has 6 heteroatoms. The number of carbonyl (C=O) groups excluding carboxylic acids is 1. The van der Waals surface area contributed by atoms with Crippen molar-refractivity contribution in [3.8, 4) is 0 Å². The minimum atomic E-state index is -0.490. The van der Waals surface area contributed by atoms with Gasteiger partial charge < -0.3 is 15.4 Å². The largest absolute Gasteiger partial charge is 0.444 e. The second-order valence-electron chi connectivity index (χ2n) is 4.65. The molecule has 0 aliphatic rings. The average Bonchev–Trinajstić information content (AvgIpc) is 2.48. The summed E-state index contributed by atoms with van der Waals surface area (Å²) < 4.78 is 5.20. The number of carbonyl (C=O) groups is 1. The van der Waals surface area contributed by atoms with Crippen LogP contribution in [0.25, 0.3) is 0 Å². The summed E-state index contributed by atoms with van der Waals surface area (Å²) >= 11 is 0. The van der Waals surface area contributed by atoms with Gasteiger partial charge in [-0.25, -0.2) is 4.79 Å². The molecule has 0 atom stereocenters. The van der Waals surface area contributed by atoms with E-state index in [0.717, 1.165) is 0 Å². The molecule has 0 spiro atoms. The van der Waals surface area contributed by atoms with E-state index in [4.69, 9.17) is 10.5 Å². The number of nitrogens with zero attached hydrogens (tertiary/aromatic N) is 2. The number of aromatic amines is 1. The Kier molecular flexibility index (Phi) is 3.41. The fourth-order valence-electron chi connectivity index (χ4n) is 1.11. The molecule has 1 rings (SSSR count). The standard InChI is InChI=1S/C10H18N4O2/c1-10(2,3)16-9(15)14(4)6-7-5-8(11)13-12-7/h5H,6H2,1-4H3,(H3,11,12,13). The van der Waals surface area contributed by atoms with Crippen molar-refractivity contribution in [3.05, 3.63) is 11.8 Å². The molecular formula is C10H18N4O2. The number of nitrogens with two attached hydrogens (primary N) is 1. The summed E-state index contributed by atoms with van der Waals surface area (Å²) in [6.45, 7) is 5.84. The maximum absolute atomic E-state index is 11.6. The predicted octanol–water partition coefficient (Wildman–Crippen LogP) is 1.36. The molecule has 0 saturated heterocycles. The van der Waals surface area contributed by atoms with E-state index in [1.807, 2.05) is 20.8 Å². The van der Waals surface area contributed by atoms with Crippen LogP contribution in [0.2, 0.25) is 0 Å². The van der Waals surface area contributed by atoms with Gasteiger partial charge in [-0.1, -0.05) is 0 Å². The quantitative estimate of drug-likeness (QED) is 0.797. The maximum atomic E-state index is 11.6. The van der Waals surface area contributed by atoms with Crippen molar-refractivity contribution < 1.29 is 9.53 Å². The van der Waals surface area contributed by atoms with Crippen LogP contribution < -0.4 is 5.73 Å². The van der Waals surface area contributed by atoms with Crippen molar-refractivity contribution >= 4 is 11.9 Å². The second kappa shape index (κ2) is 4.42. The molecule has 3 N–H and O–H groups in total. The second-order valence-corrected chi connectivity index (χ2v) is 4.65. The fraction of sp³-hybridized carbons (Fsp3) is 0.600. The number of rotatable bonds is 2. The van der Waals surface area contributed by atoms with Crippen LogP contribution in [-0.2, 0) is 11.3 Å². The number of nitrogens with one attached hydrogen (secondary N) is 1. The van der Waals surface area contributed by atoms with Gasteiger partial charge in [-0.15, -0.1) is 0 Å². The molecule has 90 valence electrons. The SMILES string of the molecule is CN(Cc1cc(N)[nH]n1)C(=O)OC(C)(C)C. The number of hydrogen-bond donors (Lipinski definition) is 2. The Morgan fingerprint density at radius 1 is 1.62 bits per heavy atom. The van der Waals surface area contributed by atoms with E-state index in [1.54, 1.807) is 13.1 Å². The van der Waals surface area contributed by atoms with Gasteiger partial charge in [-0.05, 0) is 20.8 Å². The van der Waals surface area contributed by atoms with Gasteiger partial charge in [0.25, 0.3) is 0 Å². The van der Waals surface area contributed by atoms with Gasteiger partial charge >= 0.3 is 6.09 Å². The van der Waals surface area contributed by atoms with Crippen LogP contribution in [0.4, 0.5) is 10.6 Å². The zero-order chi connectivity index (χ0) is 12.3. The van der Waals surface area contributed by atoms with Crippen molar-refractivity contribution in [3.63, 3.8) is 0 Å². The van der Waals surface area contributed by atoms with Crippen molar-refractivity contribution in [1.82, 2.24) is 15.1 Å². The molecule has 0 unspecified atom stereocenters. The van der Waals surface area contributed by atoms with E-state index in [1.165, 1.54) is 4.90 Å². The average molecular weight is 226 g/mol. The van der Waals surface area contributed by atoms with Crippen LogP contribution in [0.3, 0.4) is 0 Å². The summed E-state index contributed by atoms with van der Waals surface area (Å²) in [5.74, 6) is 0.479. The van der Waals surface area contributed by atoms with E-state index in [-0.39, 0.29) is 6.09 Å². The number of hydrogen-bond acceptors (Lipinski definition) is 4. The summed E-state index contributed by atoms with van der Waals surface area (Å²) in [6.07, 6.45) is -0.380. The number of ether oxygens (including phenoxy) is 1. The first-order chi connectivity index (χ1) is 7.28. The van der Waals surface area contributed by atoms with E-state index < -0.39 is 5.60 Å². The van der Waals surface area contributed by atoms with Crippen LogP contribution >= 0.6 is 0 Å². The highest BCUT2D eigenvalue weighted by atomic mass is 16.6. The third-order valence-corrected chi connectivity index (χ3v) is 1.76. The van der Waals surface area contributed by atoms with Gasteiger partial charge in [-0.3, -0.25) is 5.10 Å². The minimum Gasteiger partial charge on any atom is -0.444 e. The van der Waals surface area contributed by atoms with Crippen LogP contribution in [-0.4, -0.2) is 33.8 Å². The topological polar surface area (TPSA) is 84.2 Å². The smallest absolute Gasteiger partial charge is 0.410 e. The number of H-pyrrole nitrogens is 1. The summed E-state index contributed by atoms with van der Waals surface area (Å²) in [7, 11) is 1.65. The molecule has 0 radical (unpaired) electrons. The Hall–Kier alpha value is -1.72. The van der Waals surface area contributed by atoms with Crippen LogP contribution in [0.5, 0.6) is 0 Å². The van der Waals surface area contributed by atoms with Crippen molar-refractivity contribution in [2.75, 3.05) is 12.8 Å². The lowest BCUT2D eigenvalue weighted by Crippen LogP contribution is -2.33. The highest BCUT2D eigenvalue weighted by Crippen LogP contribution is 2.11. The molecule has 1 aromatic rings. The normalized spacial score (nSPS) is 11.2. The Labute approximate surface area is 94.8 Å². The molecular weight excluding hydrogens is 208 g/mol. The lowest BCUT2D eigenvalue weighted by Gasteiger charge is -2.24. The van der Waals surface area contributed by atoms with Crippen LogP contribution in [0, 0.1) is 0 Å². The van der Waals surface area contributed by atoms with Gasteiger partial charge in [0.15, 0.2) is 0 Å². The van der Waals surface area contributed by atoms with Gasteiger partial charge in [0.2, 0.25) is 0 Å². The molecule has 0 aromatic carbocycles.